The number of amides is 1. The predicted octanol–water partition coefficient (Wildman–Crippen LogP) is 6.02. The number of H-pyrrole nitrogens is 1. The summed E-state index contributed by atoms with van der Waals surface area (Å²) in [5.74, 6) is 1.99. The first-order valence-electron chi connectivity index (χ1n) is 11.3. The van der Waals surface area contributed by atoms with Crippen molar-refractivity contribution >= 4 is 40.7 Å². The molecule has 0 unspecified atom stereocenters. The van der Waals surface area contributed by atoms with Crippen molar-refractivity contribution in [2.75, 3.05) is 33.8 Å². The van der Waals surface area contributed by atoms with E-state index in [1.807, 2.05) is 72.9 Å². The molecule has 0 aliphatic carbocycles. The number of anilines is 1. The van der Waals surface area contributed by atoms with E-state index in [9.17, 15) is 4.79 Å². The maximum atomic E-state index is 12.6. The highest BCUT2D eigenvalue weighted by atomic mass is 16.5. The van der Waals surface area contributed by atoms with E-state index in [-0.39, 0.29) is 5.91 Å². The first-order valence-corrected chi connectivity index (χ1v) is 11.3. The van der Waals surface area contributed by atoms with E-state index in [0.29, 0.717) is 28.7 Å². The normalized spacial score (nSPS) is 11.2. The second-order valence-electron chi connectivity index (χ2n) is 7.86. The van der Waals surface area contributed by atoms with E-state index in [4.69, 9.17) is 18.9 Å². The lowest BCUT2D eigenvalue weighted by molar-refractivity contribution is -0.111. The van der Waals surface area contributed by atoms with Gasteiger partial charge in [-0.1, -0.05) is 36.4 Å². The fourth-order valence-corrected chi connectivity index (χ4v) is 3.88. The topological polar surface area (TPSA) is 81.8 Å². The minimum absolute atomic E-state index is 0.251. The molecule has 0 aliphatic rings. The van der Waals surface area contributed by atoms with Gasteiger partial charge in [-0.3, -0.25) is 4.79 Å². The third-order valence-electron chi connectivity index (χ3n) is 5.67. The number of hydrogen-bond acceptors (Lipinski definition) is 5. The summed E-state index contributed by atoms with van der Waals surface area (Å²) in [6.45, 7) is 0. The van der Waals surface area contributed by atoms with E-state index < -0.39 is 0 Å². The summed E-state index contributed by atoms with van der Waals surface area (Å²) in [5, 5.41) is 3.94. The number of rotatable bonds is 9. The zero-order valence-corrected chi connectivity index (χ0v) is 20.6. The van der Waals surface area contributed by atoms with Crippen molar-refractivity contribution in [2.24, 2.45) is 0 Å². The Labute approximate surface area is 210 Å². The SMILES string of the molecule is COc1cc(/C=C/c2cc(OC)c(OC)c(OC)c2)ccc1NC(=O)/C=C/c1c[nH]c2ccccc12. The Kier molecular flexibility index (Phi) is 7.60. The second-order valence-corrected chi connectivity index (χ2v) is 7.86. The Balaban J connectivity index is 1.49. The quantitative estimate of drug-likeness (QED) is 0.224. The van der Waals surface area contributed by atoms with Crippen molar-refractivity contribution in [3.8, 4) is 23.0 Å². The maximum Gasteiger partial charge on any atom is 0.248 e. The molecule has 3 aromatic carbocycles. The molecule has 4 rings (SSSR count). The van der Waals surface area contributed by atoms with Gasteiger partial charge in [0.05, 0.1) is 34.1 Å². The molecular weight excluding hydrogens is 456 g/mol. The molecule has 0 radical (unpaired) electrons. The molecule has 2 N–H and O–H groups in total. The Morgan fingerprint density at radius 3 is 2.14 bits per heavy atom. The molecule has 4 aromatic rings. The minimum atomic E-state index is -0.251. The molecule has 0 atom stereocenters. The number of fused-ring (bicyclic) bond motifs is 1. The molecule has 0 bridgehead atoms. The maximum absolute atomic E-state index is 12.6. The smallest absolute Gasteiger partial charge is 0.248 e. The largest absolute Gasteiger partial charge is 0.495 e. The van der Waals surface area contributed by atoms with Crippen molar-refractivity contribution < 1.29 is 23.7 Å². The van der Waals surface area contributed by atoms with Gasteiger partial charge in [-0.25, -0.2) is 0 Å². The lowest BCUT2D eigenvalue weighted by atomic mass is 10.1. The minimum Gasteiger partial charge on any atom is -0.495 e. The van der Waals surface area contributed by atoms with Crippen LogP contribution in [-0.2, 0) is 4.79 Å². The zero-order chi connectivity index (χ0) is 25.5. The van der Waals surface area contributed by atoms with Crippen LogP contribution in [0.3, 0.4) is 0 Å². The second kappa shape index (κ2) is 11.2. The first kappa shape index (κ1) is 24.5. The molecular formula is C29H28N2O5. The van der Waals surface area contributed by atoms with Gasteiger partial charge in [-0.15, -0.1) is 0 Å². The van der Waals surface area contributed by atoms with E-state index in [0.717, 1.165) is 27.6 Å². The van der Waals surface area contributed by atoms with Crippen molar-refractivity contribution in [3.63, 3.8) is 0 Å². The highest BCUT2D eigenvalue weighted by Crippen LogP contribution is 2.38. The van der Waals surface area contributed by atoms with Gasteiger partial charge in [-0.2, -0.15) is 0 Å². The van der Waals surface area contributed by atoms with Gasteiger partial charge in [0.2, 0.25) is 11.7 Å². The molecule has 0 saturated heterocycles. The van der Waals surface area contributed by atoms with Crippen LogP contribution in [0, 0.1) is 0 Å². The number of methoxy groups -OCH3 is 4. The summed E-state index contributed by atoms with van der Waals surface area (Å²) in [6.07, 6.45) is 9.04. The van der Waals surface area contributed by atoms with Crippen LogP contribution < -0.4 is 24.3 Å². The van der Waals surface area contributed by atoms with Gasteiger partial charge in [0.15, 0.2) is 11.5 Å². The van der Waals surface area contributed by atoms with Crippen LogP contribution in [0.2, 0.25) is 0 Å². The van der Waals surface area contributed by atoms with Gasteiger partial charge in [-0.05, 0) is 53.1 Å². The van der Waals surface area contributed by atoms with E-state index in [1.165, 1.54) is 6.08 Å². The average Bonchev–Trinajstić information content (AvgIpc) is 3.33. The van der Waals surface area contributed by atoms with Crippen LogP contribution in [0.4, 0.5) is 5.69 Å². The Morgan fingerprint density at radius 2 is 1.44 bits per heavy atom. The van der Waals surface area contributed by atoms with Crippen LogP contribution in [-0.4, -0.2) is 39.3 Å². The molecule has 184 valence electrons. The number of para-hydroxylation sites is 1. The molecule has 0 saturated carbocycles. The number of nitrogens with one attached hydrogen (secondary N) is 2. The van der Waals surface area contributed by atoms with E-state index in [2.05, 4.69) is 10.3 Å². The van der Waals surface area contributed by atoms with E-state index in [1.54, 1.807) is 34.5 Å². The third kappa shape index (κ3) is 5.36. The summed E-state index contributed by atoms with van der Waals surface area (Å²) in [6, 6.07) is 17.2. The van der Waals surface area contributed by atoms with Crippen molar-refractivity contribution in [3.05, 3.63) is 83.6 Å². The molecule has 0 aliphatic heterocycles. The van der Waals surface area contributed by atoms with Gasteiger partial charge in [0.1, 0.15) is 5.75 Å². The van der Waals surface area contributed by atoms with Crippen molar-refractivity contribution in [1.82, 2.24) is 4.98 Å². The van der Waals surface area contributed by atoms with Crippen LogP contribution in [0.25, 0.3) is 29.1 Å². The number of hydrogen-bond donors (Lipinski definition) is 2. The standard InChI is InChI=1S/C29H28N2O5/c1-33-25-15-19(9-10-20-16-26(34-2)29(36-4)27(17-20)35-3)11-13-24(25)31-28(32)14-12-21-18-30-23-8-6-5-7-22(21)23/h5-18,30H,1-4H3,(H,31,32)/b10-9+,14-12+. The average molecular weight is 485 g/mol. The first-order chi connectivity index (χ1) is 17.6. The molecule has 0 fully saturated rings. The van der Waals surface area contributed by atoms with Gasteiger partial charge in [0, 0.05) is 23.2 Å². The summed E-state index contributed by atoms with van der Waals surface area (Å²) >= 11 is 0. The molecule has 36 heavy (non-hydrogen) atoms. The van der Waals surface area contributed by atoms with Crippen LogP contribution in [0.5, 0.6) is 23.0 Å². The fraction of sp³-hybridized carbons (Fsp3) is 0.138. The van der Waals surface area contributed by atoms with Gasteiger partial charge < -0.3 is 29.2 Å². The zero-order valence-electron chi connectivity index (χ0n) is 20.6. The molecule has 1 aromatic heterocycles. The van der Waals surface area contributed by atoms with Gasteiger partial charge >= 0.3 is 0 Å². The van der Waals surface area contributed by atoms with Gasteiger partial charge in [0.25, 0.3) is 0 Å². The van der Waals surface area contributed by atoms with Crippen molar-refractivity contribution in [1.29, 1.82) is 0 Å². The molecule has 1 amide bonds. The molecule has 0 spiro atoms. The monoisotopic (exact) mass is 484 g/mol. The molecule has 1 heterocycles. The number of aromatic amines is 1. The lowest BCUT2D eigenvalue weighted by Gasteiger charge is -2.13. The number of aromatic nitrogens is 1. The predicted molar refractivity (Wildman–Crippen MR) is 144 cm³/mol. The summed E-state index contributed by atoms with van der Waals surface area (Å²) in [4.78, 5) is 15.8. The highest BCUT2D eigenvalue weighted by Gasteiger charge is 2.12. The fourth-order valence-electron chi connectivity index (χ4n) is 3.88. The Morgan fingerprint density at radius 1 is 0.778 bits per heavy atom. The third-order valence-corrected chi connectivity index (χ3v) is 5.67. The summed E-state index contributed by atoms with van der Waals surface area (Å²) in [7, 11) is 6.30. The number of ether oxygens (including phenoxy) is 4. The summed E-state index contributed by atoms with van der Waals surface area (Å²) in [5.41, 5.74) is 4.32. The van der Waals surface area contributed by atoms with Crippen LogP contribution in [0.15, 0.2) is 66.9 Å². The Hall–Kier alpha value is -4.65. The number of carbonyl (C=O) groups excluding carboxylic acids is 1. The van der Waals surface area contributed by atoms with Crippen LogP contribution in [0.1, 0.15) is 16.7 Å². The van der Waals surface area contributed by atoms with E-state index >= 15 is 0 Å². The molecule has 7 heteroatoms. The Bertz CT molecular complexity index is 1410. The molecule has 7 nitrogen and oxygen atoms in total. The van der Waals surface area contributed by atoms with Crippen molar-refractivity contribution in [2.45, 2.75) is 0 Å². The lowest BCUT2D eigenvalue weighted by Crippen LogP contribution is -2.08. The number of carbonyl (C=O) groups is 1. The van der Waals surface area contributed by atoms with Crippen LogP contribution >= 0.6 is 0 Å². The highest BCUT2D eigenvalue weighted by molar-refractivity contribution is 6.04. The summed E-state index contributed by atoms with van der Waals surface area (Å²) < 4.78 is 21.7. The number of benzene rings is 3.